The van der Waals surface area contributed by atoms with Gasteiger partial charge in [-0.05, 0) is 49.6 Å². The maximum Gasteiger partial charge on any atom is 0.261 e. The second kappa shape index (κ2) is 8.13. The molecule has 0 saturated carbocycles. The number of hydrogen-bond acceptors (Lipinski definition) is 4. The fraction of sp³-hybridized carbons (Fsp3) is 0.381. The van der Waals surface area contributed by atoms with E-state index in [9.17, 15) is 4.79 Å². The zero-order valence-corrected chi connectivity index (χ0v) is 15.5. The molecular formula is C21H25NO4. The first-order valence-corrected chi connectivity index (χ1v) is 8.83. The topological polar surface area (TPSA) is 48.0 Å². The second-order valence-electron chi connectivity index (χ2n) is 6.46. The van der Waals surface area contributed by atoms with Gasteiger partial charge in [0.05, 0.1) is 20.3 Å². The van der Waals surface area contributed by atoms with Gasteiger partial charge in [-0.3, -0.25) is 4.79 Å². The van der Waals surface area contributed by atoms with Crippen LogP contribution in [-0.2, 0) is 4.79 Å². The van der Waals surface area contributed by atoms with Gasteiger partial charge in [0, 0.05) is 6.54 Å². The largest absolute Gasteiger partial charge is 0.493 e. The van der Waals surface area contributed by atoms with Crippen LogP contribution in [0, 0.1) is 6.92 Å². The Bertz CT molecular complexity index is 757. The molecule has 1 aliphatic rings. The SMILES string of the molecule is COc1ccc(C2CCCN2C(=O)COc2ccc(C)cc2)cc1OC. The number of hydrogen-bond donors (Lipinski definition) is 0. The molecule has 1 amide bonds. The second-order valence-corrected chi connectivity index (χ2v) is 6.46. The van der Waals surface area contributed by atoms with Crippen molar-refractivity contribution in [3.8, 4) is 17.2 Å². The van der Waals surface area contributed by atoms with Crippen LogP contribution in [0.5, 0.6) is 17.2 Å². The summed E-state index contributed by atoms with van der Waals surface area (Å²) in [6.45, 7) is 2.81. The molecule has 138 valence electrons. The summed E-state index contributed by atoms with van der Waals surface area (Å²) in [7, 11) is 3.24. The van der Waals surface area contributed by atoms with Crippen molar-refractivity contribution >= 4 is 5.91 Å². The molecule has 1 unspecified atom stereocenters. The molecule has 2 aromatic rings. The van der Waals surface area contributed by atoms with Gasteiger partial charge in [-0.2, -0.15) is 0 Å². The lowest BCUT2D eigenvalue weighted by molar-refractivity contribution is -0.134. The molecule has 5 heteroatoms. The van der Waals surface area contributed by atoms with E-state index in [0.717, 1.165) is 30.5 Å². The van der Waals surface area contributed by atoms with Crippen LogP contribution in [0.25, 0.3) is 0 Å². The summed E-state index contributed by atoms with van der Waals surface area (Å²) in [6.07, 6.45) is 1.92. The predicted molar refractivity (Wildman–Crippen MR) is 99.9 cm³/mol. The number of methoxy groups -OCH3 is 2. The number of nitrogens with zero attached hydrogens (tertiary/aromatic N) is 1. The number of carbonyl (C=O) groups is 1. The third-order valence-electron chi connectivity index (χ3n) is 4.75. The maximum atomic E-state index is 12.7. The third kappa shape index (κ3) is 3.93. The third-order valence-corrected chi connectivity index (χ3v) is 4.75. The Morgan fingerprint density at radius 2 is 1.81 bits per heavy atom. The van der Waals surface area contributed by atoms with E-state index < -0.39 is 0 Å². The molecule has 0 N–H and O–H groups in total. The molecule has 0 spiro atoms. The number of rotatable bonds is 6. The van der Waals surface area contributed by atoms with Gasteiger partial charge in [0.1, 0.15) is 5.75 Å². The van der Waals surface area contributed by atoms with Crippen LogP contribution in [-0.4, -0.2) is 38.2 Å². The monoisotopic (exact) mass is 355 g/mol. The first-order valence-electron chi connectivity index (χ1n) is 8.83. The van der Waals surface area contributed by atoms with Gasteiger partial charge in [0.2, 0.25) is 0 Å². The zero-order chi connectivity index (χ0) is 18.5. The summed E-state index contributed by atoms with van der Waals surface area (Å²) in [4.78, 5) is 14.6. The van der Waals surface area contributed by atoms with E-state index in [1.165, 1.54) is 0 Å². The van der Waals surface area contributed by atoms with Gasteiger partial charge in [-0.25, -0.2) is 0 Å². The minimum Gasteiger partial charge on any atom is -0.493 e. The van der Waals surface area contributed by atoms with Gasteiger partial charge in [-0.1, -0.05) is 23.8 Å². The lowest BCUT2D eigenvalue weighted by atomic mass is 10.0. The predicted octanol–water partition coefficient (Wildman–Crippen LogP) is 3.75. The van der Waals surface area contributed by atoms with Gasteiger partial charge in [0.25, 0.3) is 5.91 Å². The standard InChI is InChI=1S/C21H25NO4/c1-15-6-9-17(10-7-15)26-14-21(23)22-12-4-5-18(22)16-8-11-19(24-2)20(13-16)25-3/h6-11,13,18H,4-5,12,14H2,1-3H3. The molecule has 5 nitrogen and oxygen atoms in total. The first-order chi connectivity index (χ1) is 12.6. The molecule has 1 saturated heterocycles. The molecule has 26 heavy (non-hydrogen) atoms. The highest BCUT2D eigenvalue weighted by Crippen LogP contribution is 2.36. The van der Waals surface area contributed by atoms with Crippen LogP contribution >= 0.6 is 0 Å². The molecule has 2 aromatic carbocycles. The van der Waals surface area contributed by atoms with Crippen LogP contribution in [0.3, 0.4) is 0 Å². The van der Waals surface area contributed by atoms with E-state index in [-0.39, 0.29) is 18.6 Å². The molecule has 0 aliphatic carbocycles. The fourth-order valence-electron chi connectivity index (χ4n) is 3.33. The van der Waals surface area contributed by atoms with E-state index in [4.69, 9.17) is 14.2 Å². The number of ether oxygens (including phenoxy) is 3. The Labute approximate surface area is 154 Å². The van der Waals surface area contributed by atoms with Crippen molar-refractivity contribution in [3.63, 3.8) is 0 Å². The molecule has 1 atom stereocenters. The van der Waals surface area contributed by atoms with Gasteiger partial charge in [0.15, 0.2) is 18.1 Å². The molecule has 1 heterocycles. The molecule has 0 bridgehead atoms. The highest BCUT2D eigenvalue weighted by Gasteiger charge is 2.30. The Hall–Kier alpha value is -2.69. The normalized spacial score (nSPS) is 16.4. The van der Waals surface area contributed by atoms with Crippen LogP contribution in [0.4, 0.5) is 0 Å². The van der Waals surface area contributed by atoms with Crippen LogP contribution < -0.4 is 14.2 Å². The zero-order valence-electron chi connectivity index (χ0n) is 15.5. The summed E-state index contributed by atoms with van der Waals surface area (Å²) >= 11 is 0. The average molecular weight is 355 g/mol. The Morgan fingerprint density at radius 3 is 2.50 bits per heavy atom. The Kier molecular flexibility index (Phi) is 5.66. The van der Waals surface area contributed by atoms with Gasteiger partial charge >= 0.3 is 0 Å². The van der Waals surface area contributed by atoms with Crippen molar-refractivity contribution in [2.24, 2.45) is 0 Å². The summed E-state index contributed by atoms with van der Waals surface area (Å²) in [5.74, 6) is 2.09. The van der Waals surface area contributed by atoms with Crippen molar-refractivity contribution in [1.82, 2.24) is 4.90 Å². The molecule has 1 aliphatic heterocycles. The minimum atomic E-state index is 0.00265. The number of amides is 1. The minimum absolute atomic E-state index is 0.00265. The van der Waals surface area contributed by atoms with Crippen LogP contribution in [0.1, 0.15) is 30.0 Å². The number of likely N-dealkylation sites (tertiary alicyclic amines) is 1. The summed E-state index contributed by atoms with van der Waals surface area (Å²) in [5, 5.41) is 0. The first kappa shape index (κ1) is 18.1. The molecule has 1 fully saturated rings. The molecule has 3 rings (SSSR count). The lowest BCUT2D eigenvalue weighted by Gasteiger charge is -2.25. The van der Waals surface area contributed by atoms with Crippen LogP contribution in [0.2, 0.25) is 0 Å². The van der Waals surface area contributed by atoms with Crippen molar-refractivity contribution in [3.05, 3.63) is 53.6 Å². The molecular weight excluding hydrogens is 330 g/mol. The highest BCUT2D eigenvalue weighted by atomic mass is 16.5. The van der Waals surface area contributed by atoms with Crippen LogP contribution in [0.15, 0.2) is 42.5 Å². The van der Waals surface area contributed by atoms with Crippen molar-refractivity contribution in [1.29, 1.82) is 0 Å². The highest BCUT2D eigenvalue weighted by molar-refractivity contribution is 5.78. The van der Waals surface area contributed by atoms with E-state index >= 15 is 0 Å². The van der Waals surface area contributed by atoms with E-state index in [0.29, 0.717) is 17.2 Å². The summed E-state index contributed by atoms with van der Waals surface area (Å²) < 4.78 is 16.4. The molecule has 0 aromatic heterocycles. The van der Waals surface area contributed by atoms with E-state index in [2.05, 4.69) is 0 Å². The molecule has 0 radical (unpaired) electrons. The van der Waals surface area contributed by atoms with Crippen molar-refractivity contribution < 1.29 is 19.0 Å². The summed E-state index contributed by atoms with van der Waals surface area (Å²) in [6, 6.07) is 13.6. The van der Waals surface area contributed by atoms with Gasteiger partial charge < -0.3 is 19.1 Å². The Morgan fingerprint density at radius 1 is 1.08 bits per heavy atom. The number of carbonyl (C=O) groups excluding carboxylic acids is 1. The van der Waals surface area contributed by atoms with E-state index in [1.54, 1.807) is 14.2 Å². The quantitative estimate of drug-likeness (QED) is 0.792. The average Bonchev–Trinajstić information content (AvgIpc) is 3.16. The number of benzene rings is 2. The lowest BCUT2D eigenvalue weighted by Crippen LogP contribution is -2.34. The Balaban J connectivity index is 1.69. The van der Waals surface area contributed by atoms with Crippen molar-refractivity contribution in [2.45, 2.75) is 25.8 Å². The number of aryl methyl sites for hydroxylation is 1. The summed E-state index contributed by atoms with van der Waals surface area (Å²) in [5.41, 5.74) is 2.22. The maximum absolute atomic E-state index is 12.7. The van der Waals surface area contributed by atoms with Gasteiger partial charge in [-0.15, -0.1) is 0 Å². The van der Waals surface area contributed by atoms with Crippen molar-refractivity contribution in [2.75, 3.05) is 27.4 Å². The smallest absolute Gasteiger partial charge is 0.261 e. The fourth-order valence-corrected chi connectivity index (χ4v) is 3.33. The van der Waals surface area contributed by atoms with E-state index in [1.807, 2.05) is 54.3 Å².